The second-order valence-electron chi connectivity index (χ2n) is 4.62. The van der Waals surface area contributed by atoms with Crippen molar-refractivity contribution in [3.63, 3.8) is 0 Å². The summed E-state index contributed by atoms with van der Waals surface area (Å²) in [6.45, 7) is 6.79. The summed E-state index contributed by atoms with van der Waals surface area (Å²) in [5.41, 5.74) is -0.0524. The van der Waals surface area contributed by atoms with Crippen molar-refractivity contribution >= 4 is 17.7 Å². The van der Waals surface area contributed by atoms with Crippen molar-refractivity contribution < 1.29 is 14.3 Å². The van der Waals surface area contributed by atoms with Gasteiger partial charge in [0.25, 0.3) is 0 Å². The summed E-state index contributed by atoms with van der Waals surface area (Å²) in [6, 6.07) is 3.16. The number of hydrogen-bond acceptors (Lipinski definition) is 4. The van der Waals surface area contributed by atoms with Crippen molar-refractivity contribution in [2.45, 2.75) is 33.3 Å². The SMILES string of the molecule is CC(=O)c1ccc(NC(=O)OC(C)(C)C)nc1. The third kappa shape index (κ3) is 4.63. The molecule has 5 nitrogen and oxygen atoms in total. The molecule has 0 radical (unpaired) electrons. The van der Waals surface area contributed by atoms with Crippen LogP contribution >= 0.6 is 0 Å². The first-order chi connectivity index (χ1) is 7.78. The van der Waals surface area contributed by atoms with E-state index in [1.54, 1.807) is 32.9 Å². The predicted molar refractivity (Wildman–Crippen MR) is 64.1 cm³/mol. The van der Waals surface area contributed by atoms with Crippen LogP contribution in [0.5, 0.6) is 0 Å². The van der Waals surface area contributed by atoms with E-state index < -0.39 is 11.7 Å². The van der Waals surface area contributed by atoms with E-state index in [9.17, 15) is 9.59 Å². The minimum atomic E-state index is -0.569. The molecule has 0 spiro atoms. The molecule has 1 rings (SSSR count). The highest BCUT2D eigenvalue weighted by atomic mass is 16.6. The number of carbonyl (C=O) groups is 2. The summed E-state index contributed by atoms with van der Waals surface area (Å²) < 4.78 is 5.06. The number of hydrogen-bond donors (Lipinski definition) is 1. The summed E-state index contributed by atoms with van der Waals surface area (Å²) in [7, 11) is 0. The van der Waals surface area contributed by atoms with E-state index in [4.69, 9.17) is 4.74 Å². The molecule has 0 fully saturated rings. The van der Waals surface area contributed by atoms with Gasteiger partial charge in [-0.05, 0) is 39.8 Å². The minimum absolute atomic E-state index is 0.0682. The van der Waals surface area contributed by atoms with E-state index >= 15 is 0 Å². The van der Waals surface area contributed by atoms with Gasteiger partial charge < -0.3 is 4.74 Å². The van der Waals surface area contributed by atoms with Crippen molar-refractivity contribution in [3.05, 3.63) is 23.9 Å². The molecule has 5 heteroatoms. The second kappa shape index (κ2) is 4.95. The molecule has 92 valence electrons. The first-order valence-corrected chi connectivity index (χ1v) is 5.25. The highest BCUT2D eigenvalue weighted by Crippen LogP contribution is 2.10. The Bertz CT molecular complexity index is 418. The average molecular weight is 236 g/mol. The van der Waals surface area contributed by atoms with Crippen LogP contribution in [0.2, 0.25) is 0 Å². The maximum absolute atomic E-state index is 11.4. The number of anilines is 1. The lowest BCUT2D eigenvalue weighted by Crippen LogP contribution is -2.27. The summed E-state index contributed by atoms with van der Waals surface area (Å²) in [6.07, 6.45) is 0.843. The number of Topliss-reactive ketones (excluding diaryl/α,β-unsaturated/α-hetero) is 1. The normalized spacial score (nSPS) is 10.8. The Morgan fingerprint density at radius 3 is 2.35 bits per heavy atom. The van der Waals surface area contributed by atoms with Gasteiger partial charge in [-0.1, -0.05) is 0 Å². The van der Waals surface area contributed by atoms with Gasteiger partial charge in [-0.2, -0.15) is 0 Å². The summed E-state index contributed by atoms with van der Waals surface area (Å²) >= 11 is 0. The van der Waals surface area contributed by atoms with Gasteiger partial charge in [-0.3, -0.25) is 10.1 Å². The third-order valence-electron chi connectivity index (χ3n) is 1.80. The number of rotatable bonds is 2. The Morgan fingerprint density at radius 2 is 1.94 bits per heavy atom. The quantitative estimate of drug-likeness (QED) is 0.801. The largest absolute Gasteiger partial charge is 0.444 e. The number of ether oxygens (including phenoxy) is 1. The Kier molecular flexibility index (Phi) is 3.83. The molecule has 1 amide bonds. The molecule has 1 aromatic rings. The number of nitrogens with one attached hydrogen (secondary N) is 1. The van der Waals surface area contributed by atoms with E-state index in [1.807, 2.05) is 0 Å². The zero-order chi connectivity index (χ0) is 13.1. The molecule has 17 heavy (non-hydrogen) atoms. The highest BCUT2D eigenvalue weighted by Gasteiger charge is 2.16. The van der Waals surface area contributed by atoms with Crippen LogP contribution in [0.4, 0.5) is 10.6 Å². The Labute approximate surface area is 100 Å². The fourth-order valence-electron chi connectivity index (χ4n) is 1.08. The van der Waals surface area contributed by atoms with Gasteiger partial charge in [-0.15, -0.1) is 0 Å². The summed E-state index contributed by atoms with van der Waals surface area (Å²) in [4.78, 5) is 26.4. The predicted octanol–water partition coefficient (Wildman–Crippen LogP) is 2.63. The van der Waals surface area contributed by atoms with Crippen molar-refractivity contribution in [1.82, 2.24) is 4.98 Å². The molecule has 0 aliphatic heterocycles. The molecule has 1 N–H and O–H groups in total. The standard InChI is InChI=1S/C12H16N2O3/c1-8(15)9-5-6-10(13-7-9)14-11(16)17-12(2,3)4/h5-7H,1-4H3,(H,13,14,16). The zero-order valence-electron chi connectivity index (χ0n) is 10.4. The van der Waals surface area contributed by atoms with Crippen LogP contribution in [0.25, 0.3) is 0 Å². The lowest BCUT2D eigenvalue weighted by Gasteiger charge is -2.19. The fraction of sp³-hybridized carbons (Fsp3) is 0.417. The van der Waals surface area contributed by atoms with Crippen LogP contribution in [-0.2, 0) is 4.74 Å². The van der Waals surface area contributed by atoms with Crippen molar-refractivity contribution in [3.8, 4) is 0 Å². The summed E-state index contributed by atoms with van der Waals surface area (Å²) in [5.74, 6) is 0.283. The summed E-state index contributed by atoms with van der Waals surface area (Å²) in [5, 5.41) is 2.48. The lowest BCUT2D eigenvalue weighted by atomic mass is 10.2. The molecule has 1 aromatic heterocycles. The maximum atomic E-state index is 11.4. The number of ketones is 1. The molecular formula is C12H16N2O3. The monoisotopic (exact) mass is 236 g/mol. The molecule has 0 atom stereocenters. The van der Waals surface area contributed by atoms with Crippen LogP contribution in [0.15, 0.2) is 18.3 Å². The molecule has 0 aliphatic rings. The van der Waals surface area contributed by atoms with Crippen molar-refractivity contribution in [2.75, 3.05) is 5.32 Å². The number of aromatic nitrogens is 1. The van der Waals surface area contributed by atoms with Crippen molar-refractivity contribution in [2.24, 2.45) is 0 Å². The van der Waals surface area contributed by atoms with Gasteiger partial charge in [0.1, 0.15) is 11.4 Å². The van der Waals surface area contributed by atoms with E-state index in [0.717, 1.165) is 0 Å². The van der Waals surface area contributed by atoms with Gasteiger partial charge in [0.05, 0.1) is 0 Å². The average Bonchev–Trinajstić information content (AvgIpc) is 2.15. The Balaban J connectivity index is 2.64. The van der Waals surface area contributed by atoms with Crippen LogP contribution in [-0.4, -0.2) is 22.5 Å². The van der Waals surface area contributed by atoms with Crippen LogP contribution < -0.4 is 5.32 Å². The molecule has 0 saturated carbocycles. The molecule has 0 unspecified atom stereocenters. The second-order valence-corrected chi connectivity index (χ2v) is 4.62. The lowest BCUT2D eigenvalue weighted by molar-refractivity contribution is 0.0635. The Morgan fingerprint density at radius 1 is 1.29 bits per heavy atom. The zero-order valence-corrected chi connectivity index (χ0v) is 10.4. The van der Waals surface area contributed by atoms with Gasteiger partial charge in [0.2, 0.25) is 0 Å². The number of nitrogens with zero attached hydrogens (tertiary/aromatic N) is 1. The first-order valence-electron chi connectivity index (χ1n) is 5.25. The molecule has 0 bridgehead atoms. The molecule has 0 aliphatic carbocycles. The third-order valence-corrected chi connectivity index (χ3v) is 1.80. The first kappa shape index (κ1) is 13.2. The van der Waals surface area contributed by atoms with Crippen LogP contribution in [0.1, 0.15) is 38.1 Å². The number of carbonyl (C=O) groups excluding carboxylic acids is 2. The maximum Gasteiger partial charge on any atom is 0.413 e. The van der Waals surface area contributed by atoms with E-state index in [0.29, 0.717) is 11.4 Å². The van der Waals surface area contributed by atoms with Crippen LogP contribution in [0.3, 0.4) is 0 Å². The highest BCUT2D eigenvalue weighted by molar-refractivity contribution is 5.94. The van der Waals surface area contributed by atoms with E-state index in [1.165, 1.54) is 13.1 Å². The molecular weight excluding hydrogens is 220 g/mol. The number of amides is 1. The van der Waals surface area contributed by atoms with E-state index in [-0.39, 0.29) is 5.78 Å². The molecule has 0 saturated heterocycles. The molecule has 0 aromatic carbocycles. The van der Waals surface area contributed by atoms with Gasteiger partial charge >= 0.3 is 6.09 Å². The van der Waals surface area contributed by atoms with E-state index in [2.05, 4.69) is 10.3 Å². The smallest absolute Gasteiger partial charge is 0.413 e. The van der Waals surface area contributed by atoms with Gasteiger partial charge in [-0.25, -0.2) is 9.78 Å². The Hall–Kier alpha value is -1.91. The van der Waals surface area contributed by atoms with Crippen LogP contribution in [0, 0.1) is 0 Å². The van der Waals surface area contributed by atoms with Gasteiger partial charge in [0, 0.05) is 11.8 Å². The molecule has 1 heterocycles. The van der Waals surface area contributed by atoms with Gasteiger partial charge in [0.15, 0.2) is 5.78 Å². The topological polar surface area (TPSA) is 68.3 Å². The minimum Gasteiger partial charge on any atom is -0.444 e. The van der Waals surface area contributed by atoms with Crippen molar-refractivity contribution in [1.29, 1.82) is 0 Å². The number of pyridine rings is 1. The fourth-order valence-corrected chi connectivity index (χ4v) is 1.08.